The third kappa shape index (κ3) is 4.41. The maximum Gasteiger partial charge on any atom is 0.268 e. The van der Waals surface area contributed by atoms with Crippen LogP contribution in [0, 0.1) is 12.7 Å². The van der Waals surface area contributed by atoms with Gasteiger partial charge in [0.05, 0.1) is 17.5 Å². The molecule has 4 N–H and O–H groups in total. The van der Waals surface area contributed by atoms with E-state index in [1.807, 2.05) is 6.07 Å². The Balaban J connectivity index is 1.76. The fourth-order valence-corrected chi connectivity index (χ4v) is 3.48. The van der Waals surface area contributed by atoms with Gasteiger partial charge < -0.3 is 20.7 Å². The number of aliphatic hydroxyl groups is 1. The summed E-state index contributed by atoms with van der Waals surface area (Å²) < 4.78 is 13.8. The van der Waals surface area contributed by atoms with Crippen LogP contribution in [-0.2, 0) is 6.61 Å². The molecule has 1 atom stereocenters. The first-order chi connectivity index (χ1) is 13.0. The number of nitrogens with one attached hydrogen (secondary N) is 3. The summed E-state index contributed by atoms with van der Waals surface area (Å²) in [5.41, 5.74) is 2.30. The van der Waals surface area contributed by atoms with Gasteiger partial charge in [0.1, 0.15) is 16.5 Å². The number of nitrogens with zero attached hydrogens (tertiary/aromatic N) is 1. The van der Waals surface area contributed by atoms with Gasteiger partial charge in [-0.3, -0.25) is 4.79 Å². The van der Waals surface area contributed by atoms with Gasteiger partial charge in [0.15, 0.2) is 0 Å². The van der Waals surface area contributed by atoms with Crippen molar-refractivity contribution in [1.82, 2.24) is 20.6 Å². The van der Waals surface area contributed by atoms with Crippen molar-refractivity contribution >= 4 is 17.2 Å². The van der Waals surface area contributed by atoms with Crippen molar-refractivity contribution in [3.05, 3.63) is 63.5 Å². The van der Waals surface area contributed by atoms with E-state index < -0.39 is 0 Å². The number of carbonyl (C=O) groups excluding carboxylic acids is 1. The van der Waals surface area contributed by atoms with Gasteiger partial charge in [-0.25, -0.2) is 9.37 Å². The van der Waals surface area contributed by atoms with Gasteiger partial charge in [-0.1, -0.05) is 12.1 Å². The van der Waals surface area contributed by atoms with Crippen LogP contribution >= 0.6 is 11.3 Å². The average Bonchev–Trinajstić information content (AvgIpc) is 3.33. The Morgan fingerprint density at radius 1 is 1.37 bits per heavy atom. The first-order valence-corrected chi connectivity index (χ1v) is 9.30. The Morgan fingerprint density at radius 2 is 2.19 bits per heavy atom. The van der Waals surface area contributed by atoms with Crippen molar-refractivity contribution in [1.29, 1.82) is 0 Å². The Labute approximate surface area is 160 Å². The summed E-state index contributed by atoms with van der Waals surface area (Å²) in [6, 6.07) is 8.05. The van der Waals surface area contributed by atoms with Gasteiger partial charge in [0.2, 0.25) is 0 Å². The lowest BCUT2D eigenvalue weighted by Crippen LogP contribution is -2.34. The number of halogens is 1. The summed E-state index contributed by atoms with van der Waals surface area (Å²) >= 11 is 1.36. The van der Waals surface area contributed by atoms with Crippen LogP contribution in [-0.4, -0.2) is 34.6 Å². The molecule has 0 saturated heterocycles. The van der Waals surface area contributed by atoms with E-state index in [4.69, 9.17) is 0 Å². The smallest absolute Gasteiger partial charge is 0.268 e. The van der Waals surface area contributed by atoms with Crippen LogP contribution in [0.2, 0.25) is 0 Å². The highest BCUT2D eigenvalue weighted by Crippen LogP contribution is 2.23. The van der Waals surface area contributed by atoms with Crippen molar-refractivity contribution < 1.29 is 14.3 Å². The minimum absolute atomic E-state index is 0.0784. The first kappa shape index (κ1) is 19.2. The fourth-order valence-electron chi connectivity index (χ4n) is 2.65. The quantitative estimate of drug-likeness (QED) is 0.501. The maximum atomic E-state index is 13.8. The van der Waals surface area contributed by atoms with E-state index in [1.165, 1.54) is 17.4 Å². The highest BCUT2D eigenvalue weighted by molar-refractivity contribution is 7.11. The summed E-state index contributed by atoms with van der Waals surface area (Å²) in [5.74, 6) is -0.569. The van der Waals surface area contributed by atoms with Gasteiger partial charge in [-0.05, 0) is 37.7 Å². The van der Waals surface area contributed by atoms with Crippen LogP contribution in [0.15, 0.2) is 36.5 Å². The monoisotopic (exact) mass is 388 g/mol. The van der Waals surface area contributed by atoms with Crippen LogP contribution in [0.25, 0.3) is 11.3 Å². The minimum Gasteiger partial charge on any atom is -0.391 e. The predicted octanol–water partition coefficient (Wildman–Crippen LogP) is 2.77. The Bertz CT molecular complexity index is 937. The molecule has 0 aliphatic rings. The second kappa shape index (κ2) is 8.43. The number of thiazole rings is 1. The molecule has 0 aliphatic heterocycles. The number of aromatic amines is 1. The topological polar surface area (TPSA) is 90.0 Å². The third-order valence-corrected chi connectivity index (χ3v) is 5.25. The molecule has 142 valence electrons. The van der Waals surface area contributed by atoms with Crippen molar-refractivity contribution in [2.24, 2.45) is 0 Å². The number of carbonyl (C=O) groups is 1. The van der Waals surface area contributed by atoms with E-state index in [1.54, 1.807) is 38.4 Å². The molecular weight excluding hydrogens is 367 g/mol. The van der Waals surface area contributed by atoms with E-state index in [-0.39, 0.29) is 24.4 Å². The van der Waals surface area contributed by atoms with Crippen molar-refractivity contribution in [2.45, 2.75) is 19.6 Å². The molecule has 3 rings (SSSR count). The van der Waals surface area contributed by atoms with Crippen LogP contribution in [0.3, 0.4) is 0 Å². The van der Waals surface area contributed by atoms with E-state index in [0.717, 1.165) is 4.88 Å². The van der Waals surface area contributed by atoms with Gasteiger partial charge in [-0.2, -0.15) is 0 Å². The Kier molecular flexibility index (Phi) is 6.00. The molecule has 8 heteroatoms. The molecule has 0 radical (unpaired) electrons. The predicted molar refractivity (Wildman–Crippen MR) is 103 cm³/mol. The lowest BCUT2D eigenvalue weighted by molar-refractivity contribution is 0.0932. The zero-order valence-corrected chi connectivity index (χ0v) is 15.9. The highest BCUT2D eigenvalue weighted by Gasteiger charge is 2.19. The molecule has 0 spiro atoms. The molecule has 2 aromatic heterocycles. The molecule has 27 heavy (non-hydrogen) atoms. The number of benzene rings is 1. The first-order valence-electron chi connectivity index (χ1n) is 8.48. The average molecular weight is 388 g/mol. The number of hydrogen-bond donors (Lipinski definition) is 4. The molecule has 0 fully saturated rings. The van der Waals surface area contributed by atoms with E-state index in [0.29, 0.717) is 34.1 Å². The molecule has 3 aromatic rings. The molecule has 0 aliphatic carbocycles. The van der Waals surface area contributed by atoms with Gasteiger partial charge in [0, 0.05) is 24.0 Å². The molecule has 1 aromatic carbocycles. The summed E-state index contributed by atoms with van der Waals surface area (Å²) in [7, 11) is 1.79. The molecule has 2 heterocycles. The number of H-pyrrole nitrogens is 1. The molecule has 0 bridgehead atoms. The second-order valence-electron chi connectivity index (χ2n) is 6.16. The second-order valence-corrected chi connectivity index (χ2v) is 7.30. The lowest BCUT2D eigenvalue weighted by atomic mass is 10.1. The highest BCUT2D eigenvalue weighted by atomic mass is 32.1. The summed E-state index contributed by atoms with van der Waals surface area (Å²) in [5, 5.41) is 15.9. The number of hydrogen-bond acceptors (Lipinski definition) is 5. The summed E-state index contributed by atoms with van der Waals surface area (Å²) in [6.07, 6.45) is 1.60. The third-order valence-electron chi connectivity index (χ3n) is 4.15. The Morgan fingerprint density at radius 3 is 2.85 bits per heavy atom. The molecule has 0 saturated carbocycles. The molecule has 1 unspecified atom stereocenters. The van der Waals surface area contributed by atoms with Crippen LogP contribution in [0.1, 0.15) is 32.0 Å². The standard InChI is InChI=1S/C19H21FN4O2S/c1-11-3-4-12(7-14(11)20)15-5-6-16(23-15)18(26)24-17(9-21-2)19-22-8-13(10-25)27-19/h3-8,17,21,23,25H,9-10H2,1-2H3,(H,24,26). The van der Waals surface area contributed by atoms with Crippen molar-refractivity contribution in [2.75, 3.05) is 13.6 Å². The molecular formula is C19H21FN4O2S. The molecule has 6 nitrogen and oxygen atoms in total. The zero-order valence-electron chi connectivity index (χ0n) is 15.0. The molecule has 1 amide bonds. The SMILES string of the molecule is CNCC(NC(=O)c1ccc(-c2ccc(C)c(F)c2)[nH]1)c1ncc(CO)s1. The van der Waals surface area contributed by atoms with E-state index in [9.17, 15) is 14.3 Å². The minimum atomic E-state index is -0.323. The normalized spacial score (nSPS) is 12.1. The number of aryl methyl sites for hydroxylation is 1. The summed E-state index contributed by atoms with van der Waals surface area (Å²) in [4.78, 5) is 20.7. The number of likely N-dealkylation sites (N-methyl/N-ethyl adjacent to an activating group) is 1. The van der Waals surface area contributed by atoms with Gasteiger partial charge >= 0.3 is 0 Å². The maximum absolute atomic E-state index is 13.8. The van der Waals surface area contributed by atoms with Crippen LogP contribution in [0.5, 0.6) is 0 Å². The number of aromatic nitrogens is 2. The number of amides is 1. The largest absolute Gasteiger partial charge is 0.391 e. The van der Waals surface area contributed by atoms with Crippen molar-refractivity contribution in [3.63, 3.8) is 0 Å². The fraction of sp³-hybridized carbons (Fsp3) is 0.263. The number of aliphatic hydroxyl groups excluding tert-OH is 1. The lowest BCUT2D eigenvalue weighted by Gasteiger charge is -2.15. The van der Waals surface area contributed by atoms with Gasteiger partial charge in [-0.15, -0.1) is 11.3 Å². The Hall–Kier alpha value is -2.55. The van der Waals surface area contributed by atoms with Crippen LogP contribution in [0.4, 0.5) is 4.39 Å². The summed E-state index contributed by atoms with van der Waals surface area (Å²) in [6.45, 7) is 2.13. The zero-order chi connectivity index (χ0) is 19.4. The van der Waals surface area contributed by atoms with Gasteiger partial charge in [0.25, 0.3) is 5.91 Å². The van der Waals surface area contributed by atoms with E-state index >= 15 is 0 Å². The number of rotatable bonds is 7. The van der Waals surface area contributed by atoms with E-state index in [2.05, 4.69) is 20.6 Å². The van der Waals surface area contributed by atoms with Crippen LogP contribution < -0.4 is 10.6 Å². The van der Waals surface area contributed by atoms with Crippen molar-refractivity contribution in [3.8, 4) is 11.3 Å².